The van der Waals surface area contributed by atoms with Crippen LogP contribution < -0.4 is 10.5 Å². The fraction of sp³-hybridized carbons (Fsp3) is 0.278. The molecule has 0 bridgehead atoms. The Kier molecular flexibility index (Phi) is 5.70. The number of rotatable bonds is 2. The Bertz CT molecular complexity index is 749. The number of nitrogens with zero attached hydrogens (tertiary/aromatic N) is 1. The number of fused-ring (bicyclic) bond motifs is 1. The molecule has 0 radical (unpaired) electrons. The maximum absolute atomic E-state index is 11.9. The summed E-state index contributed by atoms with van der Waals surface area (Å²) in [5, 5.41) is 10.3. The molecule has 0 atom stereocenters. The van der Waals surface area contributed by atoms with E-state index in [0.717, 1.165) is 22.3 Å². The lowest BCUT2D eigenvalue weighted by molar-refractivity contribution is -0.130. The first-order valence-electron chi connectivity index (χ1n) is 7.62. The number of carbonyl (C=O) groups excluding carboxylic acids is 1. The summed E-state index contributed by atoms with van der Waals surface area (Å²) in [5.74, 6) is 0.430. The molecule has 0 spiro atoms. The van der Waals surface area contributed by atoms with Crippen molar-refractivity contribution < 1.29 is 14.6 Å². The topological polar surface area (TPSA) is 75.8 Å². The zero-order chi connectivity index (χ0) is 16.4. The highest BCUT2D eigenvalue weighted by Gasteiger charge is 2.22. The maximum atomic E-state index is 11.9. The van der Waals surface area contributed by atoms with Crippen molar-refractivity contribution in [2.45, 2.75) is 13.5 Å². The number of halogens is 1. The number of phenolic OH excluding ortho intramolecular Hbond substituents is 1. The second kappa shape index (κ2) is 7.55. The molecule has 24 heavy (non-hydrogen) atoms. The molecule has 6 heteroatoms. The molecule has 3 N–H and O–H groups in total. The molecule has 0 saturated heterocycles. The summed E-state index contributed by atoms with van der Waals surface area (Å²) in [6.45, 7) is 3.19. The van der Waals surface area contributed by atoms with Crippen molar-refractivity contribution in [1.82, 2.24) is 4.90 Å². The summed E-state index contributed by atoms with van der Waals surface area (Å²) in [5.41, 5.74) is 9.33. The molecule has 1 amide bonds. The average Bonchev–Trinajstić information content (AvgIpc) is 2.77. The van der Waals surface area contributed by atoms with Gasteiger partial charge in [-0.15, -0.1) is 12.4 Å². The van der Waals surface area contributed by atoms with Crippen molar-refractivity contribution in [3.8, 4) is 22.6 Å². The quantitative estimate of drug-likeness (QED) is 0.874. The minimum Gasteiger partial charge on any atom is -0.504 e. The van der Waals surface area contributed by atoms with Gasteiger partial charge in [0.1, 0.15) is 6.61 Å². The highest BCUT2D eigenvalue weighted by molar-refractivity contribution is 5.85. The summed E-state index contributed by atoms with van der Waals surface area (Å²) in [4.78, 5) is 13.6. The predicted molar refractivity (Wildman–Crippen MR) is 95.5 cm³/mol. The summed E-state index contributed by atoms with van der Waals surface area (Å²) in [6, 6.07) is 11.7. The molecule has 1 heterocycles. The molecule has 0 aromatic heterocycles. The number of aromatic hydroxyl groups is 1. The molecule has 1 aliphatic rings. The first-order valence-corrected chi connectivity index (χ1v) is 7.62. The Morgan fingerprint density at radius 1 is 1.33 bits per heavy atom. The van der Waals surface area contributed by atoms with E-state index in [1.54, 1.807) is 11.0 Å². The van der Waals surface area contributed by atoms with Crippen LogP contribution in [0.2, 0.25) is 0 Å². The van der Waals surface area contributed by atoms with Crippen LogP contribution in [-0.2, 0) is 11.3 Å². The van der Waals surface area contributed by atoms with Gasteiger partial charge in [0.25, 0.3) is 0 Å². The van der Waals surface area contributed by atoms with Gasteiger partial charge in [-0.25, -0.2) is 0 Å². The van der Waals surface area contributed by atoms with E-state index in [2.05, 4.69) is 0 Å². The molecule has 1 aliphatic heterocycles. The van der Waals surface area contributed by atoms with Crippen molar-refractivity contribution in [3.05, 3.63) is 47.5 Å². The van der Waals surface area contributed by atoms with Crippen LogP contribution >= 0.6 is 12.4 Å². The largest absolute Gasteiger partial charge is 0.504 e. The second-order valence-electron chi connectivity index (χ2n) is 5.67. The second-order valence-corrected chi connectivity index (χ2v) is 5.67. The number of carbonyl (C=O) groups is 1. The van der Waals surface area contributed by atoms with E-state index in [9.17, 15) is 9.90 Å². The Morgan fingerprint density at radius 2 is 2.08 bits per heavy atom. The number of hydrogen-bond donors (Lipinski definition) is 2. The van der Waals surface area contributed by atoms with Gasteiger partial charge < -0.3 is 20.5 Å². The van der Waals surface area contributed by atoms with Crippen molar-refractivity contribution >= 4 is 18.3 Å². The number of hydrogen-bond acceptors (Lipinski definition) is 4. The van der Waals surface area contributed by atoms with E-state index in [0.29, 0.717) is 25.4 Å². The van der Waals surface area contributed by atoms with Crippen LogP contribution in [0.3, 0.4) is 0 Å². The molecule has 2 aromatic rings. The fourth-order valence-corrected chi connectivity index (χ4v) is 2.89. The molecule has 0 fully saturated rings. The number of phenols is 1. The number of amides is 1. The first kappa shape index (κ1) is 18.1. The van der Waals surface area contributed by atoms with Gasteiger partial charge in [-0.2, -0.15) is 0 Å². The predicted octanol–water partition coefficient (Wildman–Crippen LogP) is 2.47. The highest BCUT2D eigenvalue weighted by Crippen LogP contribution is 2.38. The van der Waals surface area contributed by atoms with E-state index >= 15 is 0 Å². The fourth-order valence-electron chi connectivity index (χ4n) is 2.89. The van der Waals surface area contributed by atoms with Gasteiger partial charge >= 0.3 is 0 Å². The molecule has 0 unspecified atom stereocenters. The van der Waals surface area contributed by atoms with Crippen LogP contribution in [0.4, 0.5) is 0 Å². The van der Waals surface area contributed by atoms with Crippen LogP contribution in [-0.4, -0.2) is 35.6 Å². The molecule has 0 aliphatic carbocycles. The number of ether oxygens (including phenoxy) is 1. The van der Waals surface area contributed by atoms with E-state index in [4.69, 9.17) is 10.5 Å². The Balaban J connectivity index is 0.00000208. The van der Waals surface area contributed by atoms with Gasteiger partial charge in [0.05, 0.1) is 13.1 Å². The Labute approximate surface area is 147 Å². The molecule has 0 saturated carbocycles. The molecule has 3 rings (SSSR count). The van der Waals surface area contributed by atoms with Gasteiger partial charge in [-0.1, -0.05) is 24.3 Å². The zero-order valence-electron chi connectivity index (χ0n) is 13.5. The van der Waals surface area contributed by atoms with E-state index in [-0.39, 0.29) is 30.6 Å². The number of benzene rings is 2. The normalized spacial score (nSPS) is 13.3. The average molecular weight is 349 g/mol. The molecular formula is C18H21ClN2O3. The lowest BCUT2D eigenvalue weighted by atomic mass is 9.98. The van der Waals surface area contributed by atoms with Gasteiger partial charge in [-0.05, 0) is 35.7 Å². The van der Waals surface area contributed by atoms with Crippen molar-refractivity contribution in [2.24, 2.45) is 5.73 Å². The maximum Gasteiger partial charge on any atom is 0.236 e. The SMILES string of the molecule is Cc1ccccc1-c1cc(O)c2c(c1)CN(C(=O)CN)CCO2.Cl. The van der Waals surface area contributed by atoms with Crippen LogP contribution in [0.25, 0.3) is 11.1 Å². The Hall–Kier alpha value is -2.24. The third kappa shape index (κ3) is 3.47. The zero-order valence-corrected chi connectivity index (χ0v) is 14.3. The third-order valence-corrected chi connectivity index (χ3v) is 4.10. The van der Waals surface area contributed by atoms with Crippen molar-refractivity contribution in [2.75, 3.05) is 19.7 Å². The molecule has 128 valence electrons. The monoisotopic (exact) mass is 348 g/mol. The van der Waals surface area contributed by atoms with E-state index < -0.39 is 0 Å². The first-order chi connectivity index (χ1) is 11.1. The summed E-state index contributed by atoms with van der Waals surface area (Å²) >= 11 is 0. The molecular weight excluding hydrogens is 328 g/mol. The van der Waals surface area contributed by atoms with E-state index in [1.807, 2.05) is 37.3 Å². The number of aryl methyl sites for hydroxylation is 1. The lowest BCUT2D eigenvalue weighted by Crippen LogP contribution is -2.36. The Morgan fingerprint density at radius 3 is 2.79 bits per heavy atom. The van der Waals surface area contributed by atoms with Gasteiger partial charge in [0, 0.05) is 12.1 Å². The van der Waals surface area contributed by atoms with Crippen LogP contribution in [0.5, 0.6) is 11.5 Å². The number of nitrogens with two attached hydrogens (primary N) is 1. The lowest BCUT2D eigenvalue weighted by Gasteiger charge is -2.19. The third-order valence-electron chi connectivity index (χ3n) is 4.10. The summed E-state index contributed by atoms with van der Waals surface area (Å²) in [7, 11) is 0. The standard InChI is InChI=1S/C18H20N2O3.ClH/c1-12-4-2-3-5-15(12)13-8-14-11-20(17(22)10-19)6-7-23-18(14)16(21)9-13;/h2-5,8-9,21H,6-7,10-11,19H2,1H3;1H. The van der Waals surface area contributed by atoms with Crippen LogP contribution in [0, 0.1) is 6.92 Å². The van der Waals surface area contributed by atoms with E-state index in [1.165, 1.54) is 0 Å². The van der Waals surface area contributed by atoms with Crippen molar-refractivity contribution in [1.29, 1.82) is 0 Å². The van der Waals surface area contributed by atoms with Crippen LogP contribution in [0.1, 0.15) is 11.1 Å². The van der Waals surface area contributed by atoms with Crippen LogP contribution in [0.15, 0.2) is 36.4 Å². The van der Waals surface area contributed by atoms with Gasteiger partial charge in [0.2, 0.25) is 5.91 Å². The highest BCUT2D eigenvalue weighted by atomic mass is 35.5. The van der Waals surface area contributed by atoms with Gasteiger partial charge in [0.15, 0.2) is 11.5 Å². The summed E-state index contributed by atoms with van der Waals surface area (Å²) in [6.07, 6.45) is 0. The smallest absolute Gasteiger partial charge is 0.236 e. The molecule has 5 nitrogen and oxygen atoms in total. The minimum absolute atomic E-state index is 0. The minimum atomic E-state index is -0.123. The van der Waals surface area contributed by atoms with Crippen molar-refractivity contribution in [3.63, 3.8) is 0 Å². The van der Waals surface area contributed by atoms with Gasteiger partial charge in [-0.3, -0.25) is 4.79 Å². The molecule has 2 aromatic carbocycles. The summed E-state index contributed by atoms with van der Waals surface area (Å²) < 4.78 is 5.64.